The van der Waals surface area contributed by atoms with Crippen molar-refractivity contribution in [3.05, 3.63) is 49.6 Å². The van der Waals surface area contributed by atoms with Crippen molar-refractivity contribution in [2.45, 2.75) is 39.0 Å². The van der Waals surface area contributed by atoms with Gasteiger partial charge >= 0.3 is 31.1 Å². The molecule has 2 rings (SSSR count). The van der Waals surface area contributed by atoms with E-state index in [-0.39, 0.29) is 38.5 Å². The van der Waals surface area contributed by atoms with Crippen molar-refractivity contribution in [3.63, 3.8) is 0 Å². The molecule has 0 fully saturated rings. The average Bonchev–Trinajstić information content (AvgIpc) is 2.71. The predicted octanol–water partition coefficient (Wildman–Crippen LogP) is 4.66. The van der Waals surface area contributed by atoms with Gasteiger partial charge in [0.05, 0.1) is 11.6 Å². The van der Waals surface area contributed by atoms with Crippen molar-refractivity contribution in [2.24, 2.45) is 5.92 Å². The van der Waals surface area contributed by atoms with Crippen molar-refractivity contribution >= 4 is 17.2 Å². The minimum atomic E-state index is 0. The molecule has 0 aliphatic heterocycles. The molecule has 1 unspecified atom stereocenters. The van der Waals surface area contributed by atoms with Crippen LogP contribution in [0.15, 0.2) is 18.5 Å². The monoisotopic (exact) mass is 516 g/mol. The second-order valence-corrected chi connectivity index (χ2v) is 5.63. The zero-order valence-electron chi connectivity index (χ0n) is 12.8. The van der Waals surface area contributed by atoms with Gasteiger partial charge in [0.25, 0.3) is 0 Å². The molecule has 108 valence electrons. The molecule has 0 aromatic carbocycles. The summed E-state index contributed by atoms with van der Waals surface area (Å²) >= 11 is 5.87. The van der Waals surface area contributed by atoms with Crippen LogP contribution in [0.25, 0.3) is 5.65 Å². The summed E-state index contributed by atoms with van der Waals surface area (Å²) in [5, 5.41) is 0. The minimum absolute atomic E-state index is 0. The van der Waals surface area contributed by atoms with E-state index in [1.807, 2.05) is 6.20 Å². The first-order valence-electron chi connectivity index (χ1n) is 6.40. The molecule has 0 N–H and O–H groups in total. The van der Waals surface area contributed by atoms with Gasteiger partial charge in [-0.15, -0.1) is 11.6 Å². The first kappa shape index (κ1) is 20.0. The van der Waals surface area contributed by atoms with Crippen LogP contribution < -0.4 is 0 Å². The number of halogens is 1. The Morgan fingerprint density at radius 2 is 1.95 bits per heavy atom. The standard InChI is InChI=1S/C15H20ClN2.CH3.U/c1-10(2)5-12-6-13(11(3)4)8-18-9-14(7-16)17-15(12)18;;/h6,8-11H,1,5,7H2,2-4H3;1H3;/q2*-1;+2. The maximum Gasteiger partial charge on any atom is 2.00 e. The predicted molar refractivity (Wildman–Crippen MR) is 83.5 cm³/mol. The Bertz CT molecular complexity index is 547. The molecule has 1 atom stereocenters. The van der Waals surface area contributed by atoms with Crippen molar-refractivity contribution in [2.75, 3.05) is 0 Å². The molecule has 4 heteroatoms. The van der Waals surface area contributed by atoms with Crippen molar-refractivity contribution in [1.82, 2.24) is 9.38 Å². The number of alkyl halides is 1. The number of fused-ring (bicyclic) bond motifs is 1. The maximum atomic E-state index is 5.87. The molecule has 2 aromatic rings. The summed E-state index contributed by atoms with van der Waals surface area (Å²) in [6.07, 6.45) is 5.12. The Morgan fingerprint density at radius 3 is 2.45 bits per heavy atom. The van der Waals surface area contributed by atoms with Gasteiger partial charge in [0.15, 0.2) is 0 Å². The molecule has 0 amide bonds. The summed E-state index contributed by atoms with van der Waals surface area (Å²) in [5.41, 5.74) is 4.54. The molecule has 0 aliphatic carbocycles. The van der Waals surface area contributed by atoms with Crippen LogP contribution in [0.3, 0.4) is 0 Å². The molecular formula is C16H23ClN2U. The van der Waals surface area contributed by atoms with Crippen LogP contribution in [0.4, 0.5) is 0 Å². The molecule has 0 saturated heterocycles. The van der Waals surface area contributed by atoms with Gasteiger partial charge in [-0.25, -0.2) is 4.98 Å². The number of nitrogens with zero attached hydrogens (tertiary/aromatic N) is 2. The zero-order valence-corrected chi connectivity index (χ0v) is 17.7. The fourth-order valence-electron chi connectivity index (χ4n) is 2.15. The summed E-state index contributed by atoms with van der Waals surface area (Å²) in [4.78, 5) is 4.59. The first-order chi connectivity index (χ1) is 8.51. The Hall–Kier alpha value is 0.0319. The van der Waals surface area contributed by atoms with E-state index in [0.29, 0.717) is 17.7 Å². The molecule has 2 heterocycles. The smallest absolute Gasteiger partial charge is 0.358 e. The van der Waals surface area contributed by atoms with Crippen molar-refractivity contribution < 1.29 is 31.1 Å². The third-order valence-corrected chi connectivity index (χ3v) is 3.34. The SMILES string of the molecule is [CH2-]C(C)Cc1cc(C(C)C)cn2cc(CCl)nc12.[CH3-].[U+2]. The van der Waals surface area contributed by atoms with Crippen LogP contribution in [0.5, 0.6) is 0 Å². The Kier molecular flexibility index (Phi) is 8.48. The summed E-state index contributed by atoms with van der Waals surface area (Å²) in [5.74, 6) is 1.35. The van der Waals surface area contributed by atoms with Crippen molar-refractivity contribution in [3.8, 4) is 0 Å². The van der Waals surface area contributed by atoms with Gasteiger partial charge in [-0.05, 0) is 23.5 Å². The minimum Gasteiger partial charge on any atom is -0.358 e. The van der Waals surface area contributed by atoms with E-state index in [9.17, 15) is 0 Å². The van der Waals surface area contributed by atoms with Gasteiger partial charge < -0.3 is 18.8 Å². The van der Waals surface area contributed by atoms with Gasteiger partial charge in [-0.1, -0.05) is 26.8 Å². The normalized spacial score (nSPS) is 12.1. The van der Waals surface area contributed by atoms with Gasteiger partial charge in [0.1, 0.15) is 5.65 Å². The van der Waals surface area contributed by atoms with Crippen LogP contribution in [0.1, 0.15) is 43.5 Å². The Labute approximate surface area is 151 Å². The molecule has 2 aromatic heterocycles. The average molecular weight is 517 g/mol. The maximum absolute atomic E-state index is 5.87. The number of hydrogen-bond donors (Lipinski definition) is 0. The van der Waals surface area contributed by atoms with E-state index >= 15 is 0 Å². The Morgan fingerprint density at radius 1 is 1.30 bits per heavy atom. The second-order valence-electron chi connectivity index (χ2n) is 5.36. The zero-order chi connectivity index (χ0) is 13.3. The summed E-state index contributed by atoms with van der Waals surface area (Å²) in [6.45, 7) is 10.6. The second kappa shape index (κ2) is 8.47. The fraction of sp³-hybridized carbons (Fsp3) is 0.438. The molecule has 2 nitrogen and oxygen atoms in total. The summed E-state index contributed by atoms with van der Waals surface area (Å²) < 4.78 is 2.10. The number of imidazole rings is 1. The van der Waals surface area contributed by atoms with Crippen LogP contribution in [-0.2, 0) is 12.3 Å². The largest absolute Gasteiger partial charge is 2.00 e. The number of hydrogen-bond acceptors (Lipinski definition) is 1. The summed E-state index contributed by atoms with van der Waals surface area (Å²) in [6, 6.07) is 2.26. The van der Waals surface area contributed by atoms with E-state index in [1.165, 1.54) is 11.1 Å². The third-order valence-electron chi connectivity index (χ3n) is 3.07. The van der Waals surface area contributed by atoms with E-state index < -0.39 is 0 Å². The number of pyridine rings is 1. The molecular weight excluding hydrogens is 494 g/mol. The first-order valence-corrected chi connectivity index (χ1v) is 6.94. The third kappa shape index (κ3) is 4.52. The van der Waals surface area contributed by atoms with Crippen molar-refractivity contribution in [1.29, 1.82) is 0 Å². The van der Waals surface area contributed by atoms with Crippen LogP contribution in [0.2, 0.25) is 0 Å². The van der Waals surface area contributed by atoms with Gasteiger partial charge in [-0.3, -0.25) is 0 Å². The molecule has 0 saturated carbocycles. The van der Waals surface area contributed by atoms with E-state index in [1.54, 1.807) is 0 Å². The van der Waals surface area contributed by atoms with E-state index in [4.69, 9.17) is 11.6 Å². The Balaban J connectivity index is 0.00000180. The number of aromatic nitrogens is 2. The molecule has 0 bridgehead atoms. The van der Waals surface area contributed by atoms with Gasteiger partial charge in [-0.2, -0.15) is 5.92 Å². The quantitative estimate of drug-likeness (QED) is 0.427. The van der Waals surface area contributed by atoms with E-state index in [2.05, 4.69) is 49.3 Å². The molecule has 0 aliphatic rings. The summed E-state index contributed by atoms with van der Waals surface area (Å²) in [7, 11) is 0. The fourth-order valence-corrected chi connectivity index (χ4v) is 2.28. The molecule has 0 spiro atoms. The van der Waals surface area contributed by atoms with E-state index in [0.717, 1.165) is 17.8 Å². The molecule has 20 heavy (non-hydrogen) atoms. The van der Waals surface area contributed by atoms with Crippen LogP contribution >= 0.6 is 11.6 Å². The topological polar surface area (TPSA) is 17.3 Å². The number of rotatable bonds is 4. The van der Waals surface area contributed by atoms with Gasteiger partial charge in [0.2, 0.25) is 0 Å². The van der Waals surface area contributed by atoms with Crippen LogP contribution in [-0.4, -0.2) is 9.38 Å². The van der Waals surface area contributed by atoms with Gasteiger partial charge in [0, 0.05) is 12.4 Å². The van der Waals surface area contributed by atoms with Crippen LogP contribution in [0, 0.1) is 51.4 Å². The molecule has 0 radical (unpaired) electrons.